The highest BCUT2D eigenvalue weighted by Crippen LogP contribution is 2.22. The van der Waals surface area contributed by atoms with Crippen LogP contribution >= 0.6 is 0 Å². The molecule has 112 valence electrons. The van der Waals surface area contributed by atoms with Crippen LogP contribution in [0.4, 0.5) is 0 Å². The van der Waals surface area contributed by atoms with Gasteiger partial charge in [0.25, 0.3) is 0 Å². The first-order valence-electron chi connectivity index (χ1n) is 7.33. The van der Waals surface area contributed by atoms with E-state index in [1.54, 1.807) is 0 Å². The second-order valence-corrected chi connectivity index (χ2v) is 7.12. The Bertz CT molecular complexity index is 290. The Hall–Kier alpha value is -0.700. The van der Waals surface area contributed by atoms with Crippen LogP contribution in [0.1, 0.15) is 61.3 Å². The minimum atomic E-state index is -0.264. The second-order valence-electron chi connectivity index (χ2n) is 7.12. The van der Waals surface area contributed by atoms with Crippen LogP contribution in [0, 0.1) is 11.3 Å². The number of aldehydes is 1. The van der Waals surface area contributed by atoms with E-state index in [1.807, 2.05) is 13.8 Å². The number of rotatable bonds is 8. The molecule has 0 aromatic rings. The van der Waals surface area contributed by atoms with Crippen molar-refractivity contribution in [2.24, 2.45) is 11.3 Å². The van der Waals surface area contributed by atoms with Gasteiger partial charge in [0.2, 0.25) is 0 Å². The first-order chi connectivity index (χ1) is 8.60. The second kappa shape index (κ2) is 7.78. The summed E-state index contributed by atoms with van der Waals surface area (Å²) in [6, 6.07) is 0.00912. The zero-order valence-corrected chi connectivity index (χ0v) is 13.7. The molecule has 3 heteroatoms. The molecule has 0 bridgehead atoms. The third-order valence-corrected chi connectivity index (χ3v) is 3.40. The zero-order valence-electron chi connectivity index (χ0n) is 13.7. The summed E-state index contributed by atoms with van der Waals surface area (Å²) in [4.78, 5) is 25.4. The first-order valence-corrected chi connectivity index (χ1v) is 7.33. The quantitative estimate of drug-likeness (QED) is 0.634. The van der Waals surface area contributed by atoms with E-state index in [0.29, 0.717) is 6.42 Å². The fourth-order valence-corrected chi connectivity index (χ4v) is 2.13. The summed E-state index contributed by atoms with van der Waals surface area (Å²) in [6.07, 6.45) is 2.20. The minimum Gasteiger partial charge on any atom is -0.303 e. The van der Waals surface area contributed by atoms with E-state index in [4.69, 9.17) is 0 Å². The van der Waals surface area contributed by atoms with Gasteiger partial charge in [0.05, 0.1) is 6.04 Å². The van der Waals surface area contributed by atoms with Gasteiger partial charge < -0.3 is 4.79 Å². The van der Waals surface area contributed by atoms with Crippen LogP contribution in [0.2, 0.25) is 0 Å². The van der Waals surface area contributed by atoms with Crippen LogP contribution < -0.4 is 0 Å². The van der Waals surface area contributed by atoms with Crippen LogP contribution in [0.3, 0.4) is 0 Å². The summed E-state index contributed by atoms with van der Waals surface area (Å²) in [5.74, 6) is 0.149. The molecule has 0 unspecified atom stereocenters. The van der Waals surface area contributed by atoms with Gasteiger partial charge in [-0.05, 0) is 32.2 Å². The van der Waals surface area contributed by atoms with Gasteiger partial charge in [-0.1, -0.05) is 34.6 Å². The summed E-state index contributed by atoms with van der Waals surface area (Å²) in [5, 5.41) is 0. The van der Waals surface area contributed by atoms with Crippen molar-refractivity contribution in [3.05, 3.63) is 0 Å². The summed E-state index contributed by atoms with van der Waals surface area (Å²) >= 11 is 0. The van der Waals surface area contributed by atoms with Gasteiger partial charge in [-0.3, -0.25) is 9.69 Å². The lowest BCUT2D eigenvalue weighted by Gasteiger charge is -2.36. The lowest BCUT2D eigenvalue weighted by Crippen LogP contribution is -2.48. The SMILES string of the molecule is CC(C)C(=O)[C@H](CC=O)N(CCC(C)(C)C)C(C)C. The van der Waals surface area contributed by atoms with Gasteiger partial charge in [0.1, 0.15) is 6.29 Å². The molecule has 0 aliphatic heterocycles. The van der Waals surface area contributed by atoms with Gasteiger partial charge in [-0.25, -0.2) is 0 Å². The van der Waals surface area contributed by atoms with Gasteiger partial charge in [0, 0.05) is 18.4 Å². The average Bonchev–Trinajstić information content (AvgIpc) is 2.24. The maximum atomic E-state index is 12.3. The predicted octanol–water partition coefficient (Wildman–Crippen LogP) is 3.32. The summed E-state index contributed by atoms with van der Waals surface area (Å²) in [6.45, 7) is 15.4. The standard InChI is InChI=1S/C16H31NO2/c1-12(2)15(19)14(8-11-18)17(13(3)4)10-9-16(5,6)7/h11-14H,8-10H2,1-7H3/t14-/m0/s1. The van der Waals surface area contributed by atoms with Crippen molar-refractivity contribution in [2.45, 2.75) is 73.4 Å². The highest BCUT2D eigenvalue weighted by Gasteiger charge is 2.29. The van der Waals surface area contributed by atoms with E-state index in [-0.39, 0.29) is 29.2 Å². The molecule has 19 heavy (non-hydrogen) atoms. The van der Waals surface area contributed by atoms with Crippen molar-refractivity contribution in [1.29, 1.82) is 0 Å². The highest BCUT2D eigenvalue weighted by atomic mass is 16.1. The van der Waals surface area contributed by atoms with Gasteiger partial charge >= 0.3 is 0 Å². The Labute approximate surface area is 118 Å². The molecule has 0 saturated heterocycles. The number of carbonyl (C=O) groups is 2. The normalized spacial score (nSPS) is 14.2. The monoisotopic (exact) mass is 269 g/mol. The van der Waals surface area contributed by atoms with Crippen LogP contribution in [0.15, 0.2) is 0 Å². The topological polar surface area (TPSA) is 37.4 Å². The third kappa shape index (κ3) is 6.86. The Morgan fingerprint density at radius 1 is 1.16 bits per heavy atom. The molecule has 1 atom stereocenters. The third-order valence-electron chi connectivity index (χ3n) is 3.40. The minimum absolute atomic E-state index is 0.0270. The first kappa shape index (κ1) is 18.3. The molecule has 0 aromatic heterocycles. The van der Waals surface area contributed by atoms with Gasteiger partial charge in [0.15, 0.2) is 5.78 Å². The number of hydrogen-bond acceptors (Lipinski definition) is 3. The molecule has 0 heterocycles. The maximum Gasteiger partial charge on any atom is 0.152 e. The molecular weight excluding hydrogens is 238 g/mol. The number of carbonyl (C=O) groups excluding carboxylic acids is 2. The molecule has 0 N–H and O–H groups in total. The lowest BCUT2D eigenvalue weighted by atomic mass is 9.90. The molecule has 0 aromatic carbocycles. The van der Waals surface area contributed by atoms with Crippen molar-refractivity contribution in [3.63, 3.8) is 0 Å². The Morgan fingerprint density at radius 2 is 1.68 bits per heavy atom. The molecule has 0 fully saturated rings. The predicted molar refractivity (Wildman–Crippen MR) is 80.2 cm³/mol. The fourth-order valence-electron chi connectivity index (χ4n) is 2.13. The molecule has 0 spiro atoms. The van der Waals surface area contributed by atoms with Crippen molar-refractivity contribution >= 4 is 12.1 Å². The summed E-state index contributed by atoms with van der Waals surface area (Å²) in [5.41, 5.74) is 0.236. The number of hydrogen-bond donors (Lipinski definition) is 0. The zero-order chi connectivity index (χ0) is 15.2. The van der Waals surface area contributed by atoms with E-state index in [9.17, 15) is 9.59 Å². The van der Waals surface area contributed by atoms with Crippen molar-refractivity contribution in [1.82, 2.24) is 4.90 Å². The summed E-state index contributed by atoms with van der Waals surface area (Å²) in [7, 11) is 0. The van der Waals surface area contributed by atoms with E-state index >= 15 is 0 Å². The Morgan fingerprint density at radius 3 is 2.00 bits per heavy atom. The molecule has 0 amide bonds. The molecule has 0 aliphatic carbocycles. The average molecular weight is 269 g/mol. The Kier molecular flexibility index (Phi) is 7.50. The van der Waals surface area contributed by atoms with Crippen LogP contribution in [0.25, 0.3) is 0 Å². The largest absolute Gasteiger partial charge is 0.303 e. The van der Waals surface area contributed by atoms with Crippen LogP contribution in [-0.2, 0) is 9.59 Å². The van der Waals surface area contributed by atoms with Crippen molar-refractivity contribution in [3.8, 4) is 0 Å². The molecule has 0 radical (unpaired) electrons. The van der Waals surface area contributed by atoms with E-state index in [0.717, 1.165) is 19.3 Å². The molecule has 0 saturated carbocycles. The summed E-state index contributed by atoms with van der Waals surface area (Å²) < 4.78 is 0. The number of Topliss-reactive ketones (excluding diaryl/α,β-unsaturated/α-hetero) is 1. The maximum absolute atomic E-state index is 12.3. The van der Waals surface area contributed by atoms with E-state index < -0.39 is 0 Å². The van der Waals surface area contributed by atoms with Crippen molar-refractivity contribution < 1.29 is 9.59 Å². The fraction of sp³-hybridized carbons (Fsp3) is 0.875. The number of ketones is 1. The van der Waals surface area contributed by atoms with Crippen molar-refractivity contribution in [2.75, 3.05) is 6.54 Å². The molecule has 3 nitrogen and oxygen atoms in total. The van der Waals surface area contributed by atoms with Crippen LogP contribution in [-0.4, -0.2) is 35.6 Å². The molecule has 0 aliphatic rings. The smallest absolute Gasteiger partial charge is 0.152 e. The van der Waals surface area contributed by atoms with Gasteiger partial charge in [-0.15, -0.1) is 0 Å². The molecule has 0 rings (SSSR count). The van der Waals surface area contributed by atoms with E-state index in [1.165, 1.54) is 0 Å². The molecular formula is C16H31NO2. The van der Waals surface area contributed by atoms with Gasteiger partial charge in [-0.2, -0.15) is 0 Å². The lowest BCUT2D eigenvalue weighted by molar-refractivity contribution is -0.130. The Balaban J connectivity index is 4.96. The van der Waals surface area contributed by atoms with Crippen LogP contribution in [0.5, 0.6) is 0 Å². The number of nitrogens with zero attached hydrogens (tertiary/aromatic N) is 1. The van der Waals surface area contributed by atoms with E-state index in [2.05, 4.69) is 39.5 Å². The highest BCUT2D eigenvalue weighted by molar-refractivity contribution is 5.87.